The van der Waals surface area contributed by atoms with Gasteiger partial charge in [-0.25, -0.2) is 0 Å². The van der Waals surface area contributed by atoms with Crippen molar-refractivity contribution in [3.05, 3.63) is 96.1 Å². The average Bonchev–Trinajstić information content (AvgIpc) is 3.59. The monoisotopic (exact) mass is 496 g/mol. The molecule has 2 amide bonds. The summed E-state index contributed by atoms with van der Waals surface area (Å²) >= 11 is 0. The van der Waals surface area contributed by atoms with E-state index in [0.717, 1.165) is 0 Å². The summed E-state index contributed by atoms with van der Waals surface area (Å²) in [6.45, 7) is 0.306. The van der Waals surface area contributed by atoms with Crippen LogP contribution in [0, 0.1) is 0 Å². The van der Waals surface area contributed by atoms with Gasteiger partial charge in [-0.05, 0) is 84.9 Å². The molecule has 0 unspecified atom stereocenters. The average molecular weight is 496 g/mol. The molecule has 0 saturated carbocycles. The van der Waals surface area contributed by atoms with Crippen molar-refractivity contribution >= 4 is 23.2 Å². The molecule has 0 fully saturated rings. The van der Waals surface area contributed by atoms with Gasteiger partial charge in [-0.1, -0.05) is 0 Å². The Hall–Kier alpha value is -5.18. The largest absolute Gasteiger partial charge is 0.457 e. The maximum absolute atomic E-state index is 12.6. The summed E-state index contributed by atoms with van der Waals surface area (Å²) in [6, 6.07) is 24.1. The third kappa shape index (κ3) is 4.83. The van der Waals surface area contributed by atoms with Gasteiger partial charge in [0, 0.05) is 22.5 Å². The van der Waals surface area contributed by atoms with E-state index in [9.17, 15) is 9.59 Å². The summed E-state index contributed by atoms with van der Waals surface area (Å²) in [5.41, 5.74) is 2.18. The molecule has 2 aliphatic rings. The van der Waals surface area contributed by atoms with E-state index >= 15 is 0 Å². The highest BCUT2D eigenvalue weighted by Gasteiger charge is 2.17. The van der Waals surface area contributed by atoms with E-state index in [4.69, 9.17) is 23.7 Å². The number of carbonyl (C=O) groups excluding carboxylic acids is 2. The Morgan fingerprint density at radius 2 is 0.946 bits per heavy atom. The Labute approximate surface area is 211 Å². The van der Waals surface area contributed by atoms with E-state index in [1.165, 1.54) is 0 Å². The molecule has 9 heteroatoms. The molecular formula is C28H20N2O7. The van der Waals surface area contributed by atoms with Crippen molar-refractivity contribution in [2.24, 2.45) is 0 Å². The lowest BCUT2D eigenvalue weighted by atomic mass is 10.2. The second kappa shape index (κ2) is 9.46. The SMILES string of the molecule is O=C(Nc1ccc(Oc2ccc(NC(=O)c3ccc4c(c3)OCO4)cc2)cc1)c1ccc2c(c1)OCO2. The highest BCUT2D eigenvalue weighted by Crippen LogP contribution is 2.34. The summed E-state index contributed by atoms with van der Waals surface area (Å²) < 4.78 is 27.1. The first kappa shape index (κ1) is 22.3. The number of rotatable bonds is 6. The van der Waals surface area contributed by atoms with Gasteiger partial charge in [-0.2, -0.15) is 0 Å². The molecule has 4 aromatic carbocycles. The molecule has 9 nitrogen and oxygen atoms in total. The number of hydrogen-bond acceptors (Lipinski definition) is 7. The lowest BCUT2D eigenvalue weighted by Crippen LogP contribution is -2.11. The first-order chi connectivity index (χ1) is 18.1. The summed E-state index contributed by atoms with van der Waals surface area (Å²) in [4.78, 5) is 25.1. The fourth-order valence-electron chi connectivity index (χ4n) is 3.83. The van der Waals surface area contributed by atoms with Gasteiger partial charge in [0.05, 0.1) is 0 Å². The van der Waals surface area contributed by atoms with E-state index in [0.29, 0.717) is 57.0 Å². The van der Waals surface area contributed by atoms with Gasteiger partial charge in [0.15, 0.2) is 23.0 Å². The maximum atomic E-state index is 12.6. The number of benzene rings is 4. The van der Waals surface area contributed by atoms with Crippen molar-refractivity contribution in [3.8, 4) is 34.5 Å². The number of amides is 2. The molecule has 6 rings (SSSR count). The van der Waals surface area contributed by atoms with Crippen molar-refractivity contribution in [1.82, 2.24) is 0 Å². The molecule has 0 bridgehead atoms. The zero-order valence-corrected chi connectivity index (χ0v) is 19.4. The molecule has 0 radical (unpaired) electrons. The third-order valence-electron chi connectivity index (χ3n) is 5.73. The predicted molar refractivity (Wildman–Crippen MR) is 134 cm³/mol. The van der Waals surface area contributed by atoms with Crippen LogP contribution in [-0.2, 0) is 0 Å². The van der Waals surface area contributed by atoms with Gasteiger partial charge >= 0.3 is 0 Å². The quantitative estimate of drug-likeness (QED) is 0.366. The fourth-order valence-corrected chi connectivity index (χ4v) is 3.83. The highest BCUT2D eigenvalue weighted by atomic mass is 16.7. The molecule has 37 heavy (non-hydrogen) atoms. The van der Waals surface area contributed by atoms with E-state index < -0.39 is 0 Å². The standard InChI is InChI=1S/C28H20N2O7/c31-27(17-1-11-23-25(13-17)35-15-33-23)29-19-3-7-21(8-4-19)37-22-9-5-20(6-10-22)30-28(32)18-2-12-24-26(14-18)36-16-34-24/h1-14H,15-16H2,(H,29,31)(H,30,32). The zero-order chi connectivity index (χ0) is 25.2. The van der Waals surface area contributed by atoms with Gasteiger partial charge in [0.2, 0.25) is 13.6 Å². The van der Waals surface area contributed by atoms with Crippen molar-refractivity contribution in [3.63, 3.8) is 0 Å². The van der Waals surface area contributed by atoms with Crippen LogP contribution in [0.3, 0.4) is 0 Å². The van der Waals surface area contributed by atoms with Gasteiger partial charge < -0.3 is 34.3 Å². The number of ether oxygens (including phenoxy) is 5. The highest BCUT2D eigenvalue weighted by molar-refractivity contribution is 6.05. The minimum atomic E-state index is -0.259. The third-order valence-corrected chi connectivity index (χ3v) is 5.73. The second-order valence-electron chi connectivity index (χ2n) is 8.20. The van der Waals surface area contributed by atoms with Gasteiger partial charge in [-0.15, -0.1) is 0 Å². The lowest BCUT2D eigenvalue weighted by Gasteiger charge is -2.10. The van der Waals surface area contributed by atoms with E-state index in [1.54, 1.807) is 84.9 Å². The van der Waals surface area contributed by atoms with Crippen LogP contribution in [0.1, 0.15) is 20.7 Å². The normalized spacial score (nSPS) is 12.6. The van der Waals surface area contributed by atoms with Crippen LogP contribution in [0.2, 0.25) is 0 Å². The number of hydrogen-bond donors (Lipinski definition) is 2. The first-order valence-electron chi connectivity index (χ1n) is 11.4. The topological polar surface area (TPSA) is 104 Å². The lowest BCUT2D eigenvalue weighted by molar-refractivity contribution is 0.101. The minimum Gasteiger partial charge on any atom is -0.457 e. The van der Waals surface area contributed by atoms with E-state index in [2.05, 4.69) is 10.6 Å². The molecular weight excluding hydrogens is 476 g/mol. The molecule has 0 atom stereocenters. The van der Waals surface area contributed by atoms with E-state index in [1.807, 2.05) is 0 Å². The van der Waals surface area contributed by atoms with Crippen LogP contribution in [0.15, 0.2) is 84.9 Å². The number of fused-ring (bicyclic) bond motifs is 2. The number of carbonyl (C=O) groups is 2. The molecule has 4 aromatic rings. The van der Waals surface area contributed by atoms with Crippen LogP contribution < -0.4 is 34.3 Å². The fraction of sp³-hybridized carbons (Fsp3) is 0.0714. The molecule has 2 N–H and O–H groups in total. The Balaban J connectivity index is 1.04. The molecule has 0 saturated heterocycles. The van der Waals surface area contributed by atoms with Crippen molar-refractivity contribution in [2.45, 2.75) is 0 Å². The number of anilines is 2. The van der Waals surface area contributed by atoms with Crippen LogP contribution in [0.5, 0.6) is 34.5 Å². The van der Waals surface area contributed by atoms with Gasteiger partial charge in [0.1, 0.15) is 11.5 Å². The van der Waals surface area contributed by atoms with Gasteiger partial charge in [-0.3, -0.25) is 9.59 Å². The van der Waals surface area contributed by atoms with Crippen LogP contribution in [0.4, 0.5) is 11.4 Å². The predicted octanol–water partition coefficient (Wildman–Crippen LogP) is 5.44. The molecule has 0 aliphatic carbocycles. The van der Waals surface area contributed by atoms with Crippen LogP contribution >= 0.6 is 0 Å². The van der Waals surface area contributed by atoms with Crippen LogP contribution in [-0.4, -0.2) is 25.4 Å². The first-order valence-corrected chi connectivity index (χ1v) is 11.4. The van der Waals surface area contributed by atoms with Crippen molar-refractivity contribution in [1.29, 1.82) is 0 Å². The molecule has 2 heterocycles. The Bertz CT molecular complexity index is 1370. The summed E-state index contributed by atoms with van der Waals surface area (Å²) in [7, 11) is 0. The maximum Gasteiger partial charge on any atom is 0.255 e. The summed E-state index contributed by atoms with van der Waals surface area (Å²) in [5.74, 6) is 3.02. The minimum absolute atomic E-state index is 0.153. The molecule has 2 aliphatic heterocycles. The van der Waals surface area contributed by atoms with Gasteiger partial charge in [0.25, 0.3) is 11.8 Å². The van der Waals surface area contributed by atoms with Crippen LogP contribution in [0.25, 0.3) is 0 Å². The Morgan fingerprint density at radius 1 is 0.541 bits per heavy atom. The zero-order valence-electron chi connectivity index (χ0n) is 19.4. The van der Waals surface area contributed by atoms with E-state index in [-0.39, 0.29) is 25.4 Å². The summed E-state index contributed by atoms with van der Waals surface area (Å²) in [6.07, 6.45) is 0. The van der Waals surface area contributed by atoms with Crippen molar-refractivity contribution < 1.29 is 33.3 Å². The molecule has 0 aromatic heterocycles. The Kier molecular flexibility index (Phi) is 5.70. The summed E-state index contributed by atoms with van der Waals surface area (Å²) in [5, 5.41) is 5.69. The Morgan fingerprint density at radius 3 is 1.38 bits per heavy atom. The molecule has 0 spiro atoms. The second-order valence-corrected chi connectivity index (χ2v) is 8.20. The molecule has 184 valence electrons. The van der Waals surface area contributed by atoms with Crippen molar-refractivity contribution in [2.75, 3.05) is 24.2 Å². The number of nitrogens with one attached hydrogen (secondary N) is 2. The smallest absolute Gasteiger partial charge is 0.255 e.